The minimum Gasteiger partial charge on any atom is -0.315 e. The number of benzene rings is 1. The van der Waals surface area contributed by atoms with E-state index < -0.39 is 0 Å². The molecule has 0 saturated heterocycles. The van der Waals surface area contributed by atoms with Crippen molar-refractivity contribution in [1.82, 2.24) is 10.2 Å². The van der Waals surface area contributed by atoms with Crippen LogP contribution in [0.1, 0.15) is 19.4 Å². The van der Waals surface area contributed by atoms with Gasteiger partial charge in [0.05, 0.1) is 0 Å². The molecule has 0 heterocycles. The van der Waals surface area contributed by atoms with Crippen LogP contribution >= 0.6 is 11.6 Å². The molecule has 1 atom stereocenters. The average Bonchev–Trinajstić information content (AvgIpc) is 2.27. The Labute approximate surface area is 114 Å². The molecule has 0 saturated carbocycles. The molecule has 1 unspecified atom stereocenters. The molecule has 0 bridgehead atoms. The third-order valence-electron chi connectivity index (χ3n) is 3.79. The van der Waals surface area contributed by atoms with Crippen molar-refractivity contribution in [1.29, 1.82) is 0 Å². The van der Waals surface area contributed by atoms with Gasteiger partial charge in [0.1, 0.15) is 5.82 Å². The molecule has 0 aliphatic heterocycles. The highest BCUT2D eigenvalue weighted by Crippen LogP contribution is 2.22. The van der Waals surface area contributed by atoms with Crippen molar-refractivity contribution in [3.8, 4) is 0 Å². The molecule has 18 heavy (non-hydrogen) atoms. The lowest BCUT2D eigenvalue weighted by molar-refractivity contribution is 0.141. The van der Waals surface area contributed by atoms with E-state index in [1.807, 2.05) is 21.1 Å². The van der Waals surface area contributed by atoms with E-state index in [9.17, 15) is 4.39 Å². The van der Waals surface area contributed by atoms with Gasteiger partial charge in [-0.05, 0) is 59.1 Å². The van der Waals surface area contributed by atoms with Crippen LogP contribution in [0.4, 0.5) is 4.39 Å². The largest absolute Gasteiger partial charge is 0.315 e. The smallest absolute Gasteiger partial charge is 0.127 e. The normalized spacial score (nSPS) is 14.0. The molecule has 1 rings (SSSR count). The fraction of sp³-hybridized carbons (Fsp3) is 0.571. The number of likely N-dealkylation sites (N-methyl/N-ethyl adjacent to an activating group) is 2. The van der Waals surface area contributed by atoms with Crippen LogP contribution in [0.5, 0.6) is 0 Å². The van der Waals surface area contributed by atoms with E-state index in [-0.39, 0.29) is 17.4 Å². The number of hydrogen-bond donors (Lipinski definition) is 1. The molecule has 4 heteroatoms. The Morgan fingerprint density at radius 1 is 1.39 bits per heavy atom. The maximum absolute atomic E-state index is 13.8. The van der Waals surface area contributed by atoms with Crippen molar-refractivity contribution in [3.63, 3.8) is 0 Å². The summed E-state index contributed by atoms with van der Waals surface area (Å²) in [6.45, 7) is 4.28. The maximum atomic E-state index is 13.8. The lowest BCUT2D eigenvalue weighted by atomic mass is 9.88. The minimum atomic E-state index is -0.239. The van der Waals surface area contributed by atoms with E-state index in [0.29, 0.717) is 17.0 Å². The maximum Gasteiger partial charge on any atom is 0.127 e. The van der Waals surface area contributed by atoms with Crippen molar-refractivity contribution in [2.24, 2.45) is 0 Å². The molecule has 0 fully saturated rings. The number of nitrogens with zero attached hydrogens (tertiary/aromatic N) is 1. The minimum absolute atomic E-state index is 0.0686. The van der Waals surface area contributed by atoms with Gasteiger partial charge in [-0.25, -0.2) is 4.39 Å². The van der Waals surface area contributed by atoms with Crippen molar-refractivity contribution in [3.05, 3.63) is 34.6 Å². The Kier molecular flexibility index (Phi) is 5.14. The van der Waals surface area contributed by atoms with Crippen LogP contribution in [0.25, 0.3) is 0 Å². The summed E-state index contributed by atoms with van der Waals surface area (Å²) in [5.74, 6) is -0.239. The number of rotatable bonds is 5. The highest BCUT2D eigenvalue weighted by molar-refractivity contribution is 6.30. The zero-order chi connectivity index (χ0) is 13.9. The Bertz CT molecular complexity index is 405. The summed E-state index contributed by atoms with van der Waals surface area (Å²) >= 11 is 5.76. The van der Waals surface area contributed by atoms with Gasteiger partial charge in [0.25, 0.3) is 0 Å². The highest BCUT2D eigenvalue weighted by atomic mass is 35.5. The van der Waals surface area contributed by atoms with Crippen LogP contribution in [-0.4, -0.2) is 37.6 Å². The third kappa shape index (κ3) is 3.44. The molecule has 0 amide bonds. The first-order valence-corrected chi connectivity index (χ1v) is 6.45. The van der Waals surface area contributed by atoms with Crippen LogP contribution < -0.4 is 5.32 Å². The van der Waals surface area contributed by atoms with Crippen LogP contribution in [0.2, 0.25) is 5.02 Å². The topological polar surface area (TPSA) is 15.3 Å². The second kappa shape index (κ2) is 6.00. The standard InChI is InChI=1S/C14H22ClFN2/c1-14(2,18(4)5)13(17-3)8-10-6-7-11(15)9-12(10)16/h6-7,9,13,17H,8H2,1-5H3. The predicted molar refractivity (Wildman–Crippen MR) is 75.7 cm³/mol. The summed E-state index contributed by atoms with van der Waals surface area (Å²) in [5, 5.41) is 3.71. The first-order valence-electron chi connectivity index (χ1n) is 6.07. The Hall–Kier alpha value is -0.640. The highest BCUT2D eigenvalue weighted by Gasteiger charge is 2.31. The summed E-state index contributed by atoms with van der Waals surface area (Å²) in [6, 6.07) is 5.01. The quantitative estimate of drug-likeness (QED) is 0.887. The van der Waals surface area contributed by atoms with Crippen LogP contribution in [0.15, 0.2) is 18.2 Å². The van der Waals surface area contributed by atoms with Gasteiger partial charge in [-0.1, -0.05) is 17.7 Å². The molecule has 0 radical (unpaired) electrons. The molecule has 102 valence electrons. The first-order chi connectivity index (χ1) is 8.28. The van der Waals surface area contributed by atoms with Gasteiger partial charge in [-0.3, -0.25) is 0 Å². The summed E-state index contributed by atoms with van der Waals surface area (Å²) in [7, 11) is 5.97. The summed E-state index contributed by atoms with van der Waals surface area (Å²) in [6.07, 6.45) is 0.630. The van der Waals surface area contributed by atoms with E-state index in [4.69, 9.17) is 11.6 Å². The fourth-order valence-corrected chi connectivity index (χ4v) is 2.08. The zero-order valence-electron chi connectivity index (χ0n) is 11.7. The van der Waals surface area contributed by atoms with Crippen molar-refractivity contribution in [2.45, 2.75) is 31.8 Å². The lowest BCUT2D eigenvalue weighted by Gasteiger charge is -2.40. The fourth-order valence-electron chi connectivity index (χ4n) is 1.92. The van der Waals surface area contributed by atoms with Gasteiger partial charge >= 0.3 is 0 Å². The predicted octanol–water partition coefficient (Wildman–Crippen LogP) is 2.95. The molecule has 0 aliphatic rings. The summed E-state index contributed by atoms with van der Waals surface area (Å²) in [5.41, 5.74) is 0.620. The number of nitrogens with one attached hydrogen (secondary N) is 1. The molecule has 2 nitrogen and oxygen atoms in total. The Balaban J connectivity index is 2.93. The van der Waals surface area contributed by atoms with E-state index in [2.05, 4.69) is 24.1 Å². The average molecular weight is 273 g/mol. The van der Waals surface area contributed by atoms with Crippen molar-refractivity contribution >= 4 is 11.6 Å². The van der Waals surface area contributed by atoms with E-state index in [1.54, 1.807) is 12.1 Å². The Morgan fingerprint density at radius 2 is 2.00 bits per heavy atom. The van der Waals surface area contributed by atoms with Gasteiger partial charge < -0.3 is 10.2 Å². The zero-order valence-corrected chi connectivity index (χ0v) is 12.5. The third-order valence-corrected chi connectivity index (χ3v) is 4.03. The SMILES string of the molecule is CNC(Cc1ccc(Cl)cc1F)C(C)(C)N(C)C. The molecule has 1 aromatic carbocycles. The van der Waals surface area contributed by atoms with E-state index in [1.165, 1.54) is 6.07 Å². The van der Waals surface area contributed by atoms with Gasteiger partial charge in [0.2, 0.25) is 0 Å². The molecule has 0 aromatic heterocycles. The van der Waals surface area contributed by atoms with E-state index in [0.717, 1.165) is 0 Å². The van der Waals surface area contributed by atoms with Crippen LogP contribution in [0.3, 0.4) is 0 Å². The monoisotopic (exact) mass is 272 g/mol. The van der Waals surface area contributed by atoms with Crippen LogP contribution in [0, 0.1) is 5.82 Å². The van der Waals surface area contributed by atoms with Gasteiger partial charge in [-0.2, -0.15) is 0 Å². The molecule has 0 aliphatic carbocycles. The summed E-state index contributed by atoms with van der Waals surface area (Å²) < 4.78 is 13.8. The van der Waals surface area contributed by atoms with Gasteiger partial charge in [-0.15, -0.1) is 0 Å². The molecule has 1 aromatic rings. The molecular formula is C14H22ClFN2. The Morgan fingerprint density at radius 3 is 2.44 bits per heavy atom. The van der Waals surface area contributed by atoms with Gasteiger partial charge in [0, 0.05) is 16.6 Å². The molecule has 0 spiro atoms. The summed E-state index contributed by atoms with van der Waals surface area (Å²) in [4.78, 5) is 2.14. The number of halogens is 2. The second-order valence-corrected chi connectivity index (χ2v) is 5.77. The van der Waals surface area contributed by atoms with Crippen molar-refractivity contribution < 1.29 is 4.39 Å². The van der Waals surface area contributed by atoms with Gasteiger partial charge in [0.15, 0.2) is 0 Å². The van der Waals surface area contributed by atoms with Crippen LogP contribution in [-0.2, 0) is 6.42 Å². The first kappa shape index (κ1) is 15.4. The molecule has 1 N–H and O–H groups in total. The van der Waals surface area contributed by atoms with Crippen molar-refractivity contribution in [2.75, 3.05) is 21.1 Å². The van der Waals surface area contributed by atoms with E-state index >= 15 is 0 Å². The second-order valence-electron chi connectivity index (χ2n) is 5.33. The lowest BCUT2D eigenvalue weighted by Crippen LogP contribution is -2.55. The number of hydrogen-bond acceptors (Lipinski definition) is 2. The molecular weight excluding hydrogens is 251 g/mol.